The number of benzene rings is 1. The van der Waals surface area contributed by atoms with Gasteiger partial charge in [0.05, 0.1) is 13.2 Å². The summed E-state index contributed by atoms with van der Waals surface area (Å²) < 4.78 is 10.5. The van der Waals surface area contributed by atoms with Gasteiger partial charge in [-0.25, -0.2) is 9.98 Å². The van der Waals surface area contributed by atoms with Gasteiger partial charge in [-0.15, -0.1) is 0 Å². The smallest absolute Gasteiger partial charge is 0.213 e. The molecule has 3 rings (SSSR count). The Bertz CT molecular complexity index is 782. The van der Waals surface area contributed by atoms with Crippen LogP contribution in [0.25, 0.3) is 0 Å². The minimum Gasteiger partial charge on any atom is -0.475 e. The second kappa shape index (κ2) is 12.9. The average Bonchev–Trinajstić information content (AvgIpc) is 3.24. The Morgan fingerprint density at radius 1 is 1.13 bits per heavy atom. The van der Waals surface area contributed by atoms with Crippen LogP contribution in [0.4, 0.5) is 0 Å². The van der Waals surface area contributed by atoms with Crippen molar-refractivity contribution in [3.8, 4) is 5.88 Å². The number of guanidine groups is 1. The minimum atomic E-state index is 0.498. The van der Waals surface area contributed by atoms with E-state index in [1.165, 1.54) is 18.4 Å². The summed E-state index contributed by atoms with van der Waals surface area (Å²) >= 11 is 0. The first kappa shape index (κ1) is 23.0. The van der Waals surface area contributed by atoms with Gasteiger partial charge in [-0.3, -0.25) is 4.90 Å². The number of aromatic nitrogens is 1. The van der Waals surface area contributed by atoms with Crippen LogP contribution in [-0.4, -0.2) is 61.8 Å². The van der Waals surface area contributed by atoms with Crippen LogP contribution in [0.2, 0.25) is 0 Å². The molecule has 1 aromatic carbocycles. The fraction of sp³-hybridized carbons (Fsp3) is 0.500. The molecule has 0 amide bonds. The second-order valence-electron chi connectivity index (χ2n) is 7.67. The normalized spacial score (nSPS) is 17.0. The quantitative estimate of drug-likeness (QED) is 0.328. The van der Waals surface area contributed by atoms with E-state index in [2.05, 4.69) is 57.8 Å². The highest BCUT2D eigenvalue weighted by Crippen LogP contribution is 2.19. The molecule has 31 heavy (non-hydrogen) atoms. The summed E-state index contributed by atoms with van der Waals surface area (Å²) in [5.41, 5.74) is 2.42. The van der Waals surface area contributed by atoms with Gasteiger partial charge in [-0.2, -0.15) is 0 Å². The summed E-state index contributed by atoms with van der Waals surface area (Å²) in [7, 11) is 1.65. The molecule has 1 unspecified atom stereocenters. The maximum atomic E-state index is 5.51. The van der Waals surface area contributed by atoms with E-state index in [-0.39, 0.29) is 0 Å². The monoisotopic (exact) mass is 425 g/mol. The van der Waals surface area contributed by atoms with Crippen LogP contribution in [0.5, 0.6) is 5.88 Å². The lowest BCUT2D eigenvalue weighted by molar-refractivity contribution is 0.143. The number of rotatable bonds is 11. The Hall–Kier alpha value is -2.64. The molecule has 1 saturated heterocycles. The lowest BCUT2D eigenvalue weighted by Gasteiger charge is -2.25. The number of hydrogen-bond acceptors (Lipinski definition) is 5. The largest absolute Gasteiger partial charge is 0.475 e. The first-order valence-electron chi connectivity index (χ1n) is 11.1. The summed E-state index contributed by atoms with van der Waals surface area (Å²) in [5.74, 6) is 1.45. The molecule has 7 nitrogen and oxygen atoms in total. The Morgan fingerprint density at radius 2 is 2.00 bits per heavy atom. The van der Waals surface area contributed by atoms with Crippen molar-refractivity contribution in [1.29, 1.82) is 0 Å². The predicted octanol–water partition coefficient (Wildman–Crippen LogP) is 2.83. The van der Waals surface area contributed by atoms with Crippen molar-refractivity contribution >= 4 is 5.96 Å². The third kappa shape index (κ3) is 7.84. The van der Waals surface area contributed by atoms with Gasteiger partial charge in [0.1, 0.15) is 6.61 Å². The standard InChI is InChI=1S/C24H35N5O2/c1-3-25-24(27-17-21-11-12-23(26-16-21)31-15-14-30-2)28-18-22-10-7-13-29(22)19-20-8-5-4-6-9-20/h4-6,8-9,11-12,16,22H,3,7,10,13-15,17-19H2,1-2H3,(H2,25,27,28). The van der Waals surface area contributed by atoms with Crippen LogP contribution in [0.3, 0.4) is 0 Å². The molecule has 2 heterocycles. The minimum absolute atomic E-state index is 0.498. The fourth-order valence-electron chi connectivity index (χ4n) is 3.70. The lowest BCUT2D eigenvalue weighted by atomic mass is 10.2. The maximum absolute atomic E-state index is 5.51. The molecule has 0 aliphatic carbocycles. The molecule has 1 aromatic heterocycles. The molecule has 0 saturated carbocycles. The van der Waals surface area contributed by atoms with Crippen molar-refractivity contribution < 1.29 is 9.47 Å². The van der Waals surface area contributed by atoms with E-state index in [0.29, 0.717) is 31.7 Å². The molecule has 2 aromatic rings. The van der Waals surface area contributed by atoms with Gasteiger partial charge < -0.3 is 20.1 Å². The Labute approximate surface area is 185 Å². The van der Waals surface area contributed by atoms with E-state index < -0.39 is 0 Å². The van der Waals surface area contributed by atoms with Crippen LogP contribution in [0.1, 0.15) is 30.9 Å². The predicted molar refractivity (Wildman–Crippen MR) is 124 cm³/mol. The van der Waals surface area contributed by atoms with Crippen LogP contribution in [0, 0.1) is 0 Å². The van der Waals surface area contributed by atoms with Gasteiger partial charge in [0.25, 0.3) is 0 Å². The van der Waals surface area contributed by atoms with Crippen LogP contribution in [0.15, 0.2) is 53.7 Å². The van der Waals surface area contributed by atoms with Crippen LogP contribution in [-0.2, 0) is 17.8 Å². The topological polar surface area (TPSA) is 71.0 Å². The van der Waals surface area contributed by atoms with Crippen LogP contribution >= 0.6 is 0 Å². The van der Waals surface area contributed by atoms with Crippen molar-refractivity contribution in [2.75, 3.05) is 40.0 Å². The number of likely N-dealkylation sites (tertiary alicyclic amines) is 1. The van der Waals surface area contributed by atoms with Crippen molar-refractivity contribution in [2.24, 2.45) is 4.99 Å². The Morgan fingerprint density at radius 3 is 2.74 bits per heavy atom. The lowest BCUT2D eigenvalue weighted by Crippen LogP contribution is -2.44. The molecule has 1 aliphatic heterocycles. The third-order valence-corrected chi connectivity index (χ3v) is 5.33. The first-order chi connectivity index (χ1) is 15.3. The molecule has 0 bridgehead atoms. The molecule has 0 spiro atoms. The van der Waals surface area contributed by atoms with Gasteiger partial charge in [0, 0.05) is 45.0 Å². The number of pyridine rings is 1. The summed E-state index contributed by atoms with van der Waals surface area (Å²) in [4.78, 5) is 11.6. The second-order valence-corrected chi connectivity index (χ2v) is 7.67. The van der Waals surface area contributed by atoms with Crippen molar-refractivity contribution in [3.63, 3.8) is 0 Å². The van der Waals surface area contributed by atoms with Crippen molar-refractivity contribution in [3.05, 3.63) is 59.8 Å². The van der Waals surface area contributed by atoms with Gasteiger partial charge in [-0.1, -0.05) is 36.4 Å². The zero-order valence-electron chi connectivity index (χ0n) is 18.7. The average molecular weight is 426 g/mol. The Balaban J connectivity index is 1.50. The number of aliphatic imine (C=N–C) groups is 1. The van der Waals surface area contributed by atoms with Gasteiger partial charge >= 0.3 is 0 Å². The molecule has 7 heteroatoms. The highest BCUT2D eigenvalue weighted by molar-refractivity contribution is 5.79. The Kier molecular flexibility index (Phi) is 9.60. The zero-order chi connectivity index (χ0) is 21.7. The number of nitrogens with one attached hydrogen (secondary N) is 2. The van der Waals surface area contributed by atoms with E-state index in [9.17, 15) is 0 Å². The maximum Gasteiger partial charge on any atom is 0.213 e. The highest BCUT2D eigenvalue weighted by Gasteiger charge is 2.24. The molecule has 1 atom stereocenters. The fourth-order valence-corrected chi connectivity index (χ4v) is 3.70. The summed E-state index contributed by atoms with van der Waals surface area (Å²) in [6.45, 7) is 7.58. The SMILES string of the molecule is CCNC(=NCc1ccc(OCCOC)nc1)NCC1CCCN1Cc1ccccc1. The van der Waals surface area contributed by atoms with Crippen molar-refractivity contribution in [1.82, 2.24) is 20.5 Å². The van der Waals surface area contributed by atoms with Gasteiger partial charge in [0.2, 0.25) is 5.88 Å². The summed E-state index contributed by atoms with van der Waals surface area (Å²) in [5, 5.41) is 6.88. The molecule has 2 N–H and O–H groups in total. The number of nitrogens with zero attached hydrogens (tertiary/aromatic N) is 3. The number of hydrogen-bond donors (Lipinski definition) is 2. The van der Waals surface area contributed by atoms with E-state index in [0.717, 1.165) is 37.7 Å². The summed E-state index contributed by atoms with van der Waals surface area (Å²) in [6, 6.07) is 15.1. The molecule has 0 radical (unpaired) electrons. The van der Waals surface area contributed by atoms with E-state index in [1.54, 1.807) is 7.11 Å². The molecular weight excluding hydrogens is 390 g/mol. The first-order valence-corrected chi connectivity index (χ1v) is 11.1. The highest BCUT2D eigenvalue weighted by atomic mass is 16.5. The van der Waals surface area contributed by atoms with E-state index >= 15 is 0 Å². The van der Waals surface area contributed by atoms with E-state index in [1.807, 2.05) is 18.3 Å². The van der Waals surface area contributed by atoms with Gasteiger partial charge in [0.15, 0.2) is 5.96 Å². The van der Waals surface area contributed by atoms with E-state index in [4.69, 9.17) is 14.5 Å². The van der Waals surface area contributed by atoms with Gasteiger partial charge in [-0.05, 0) is 37.4 Å². The summed E-state index contributed by atoms with van der Waals surface area (Å²) in [6.07, 6.45) is 4.28. The van der Waals surface area contributed by atoms with Crippen LogP contribution < -0.4 is 15.4 Å². The zero-order valence-corrected chi connectivity index (χ0v) is 18.7. The molecular formula is C24H35N5O2. The van der Waals surface area contributed by atoms with Crippen molar-refractivity contribution in [2.45, 2.75) is 38.9 Å². The molecule has 1 aliphatic rings. The number of ether oxygens (including phenoxy) is 2. The third-order valence-electron chi connectivity index (χ3n) is 5.33. The number of methoxy groups -OCH3 is 1. The molecule has 1 fully saturated rings. The molecule has 168 valence electrons.